The van der Waals surface area contributed by atoms with E-state index < -0.39 is 11.3 Å². The van der Waals surface area contributed by atoms with Crippen LogP contribution in [-0.4, -0.2) is 36.0 Å². The molecule has 6 heteroatoms. The lowest BCUT2D eigenvalue weighted by atomic mass is 9.81. The Balaban J connectivity index is 2.07. The molecule has 0 aliphatic carbocycles. The first kappa shape index (κ1) is 14.6. The van der Waals surface area contributed by atoms with Gasteiger partial charge in [0.2, 0.25) is 0 Å². The first-order valence-corrected chi connectivity index (χ1v) is 7.77. The number of carbonyl (C=O) groups excluding carboxylic acids is 2. The Labute approximate surface area is 140 Å². The van der Waals surface area contributed by atoms with Crippen molar-refractivity contribution in [1.82, 2.24) is 20.4 Å². The number of likely N-dealkylation sites (N-methyl/N-ethyl adjacent to an activating group) is 2. The number of nitrogens with one attached hydrogen (secondary N) is 2. The number of hydrogen-bond donors (Lipinski definition) is 2. The Hall–Kier alpha value is -3.02. The summed E-state index contributed by atoms with van der Waals surface area (Å²) in [7, 11) is 3.42. The summed E-state index contributed by atoms with van der Waals surface area (Å²) < 4.78 is 0. The topological polar surface area (TPSA) is 64.7 Å². The number of urea groups is 2. The molecule has 2 saturated heterocycles. The highest BCUT2D eigenvalue weighted by Crippen LogP contribution is 2.52. The lowest BCUT2D eigenvalue weighted by Gasteiger charge is -2.44. The van der Waals surface area contributed by atoms with E-state index in [1.807, 2.05) is 60.7 Å². The van der Waals surface area contributed by atoms with Gasteiger partial charge in [-0.3, -0.25) is 9.80 Å². The van der Waals surface area contributed by atoms with Crippen molar-refractivity contribution in [1.29, 1.82) is 0 Å². The van der Waals surface area contributed by atoms with Gasteiger partial charge in [0.05, 0.1) is 0 Å². The highest BCUT2D eigenvalue weighted by atomic mass is 16.2. The highest BCUT2D eigenvalue weighted by molar-refractivity contribution is 5.89. The summed E-state index contributed by atoms with van der Waals surface area (Å²) in [6.45, 7) is 0. The summed E-state index contributed by atoms with van der Waals surface area (Å²) in [5.41, 5.74) is -0.378. The summed E-state index contributed by atoms with van der Waals surface area (Å²) in [5.74, 6) is 0. The van der Waals surface area contributed by atoms with Crippen LogP contribution >= 0.6 is 0 Å². The second kappa shape index (κ2) is 4.74. The smallest absolute Gasteiger partial charge is 0.307 e. The number of benzene rings is 2. The normalized spacial score (nSPS) is 28.6. The summed E-state index contributed by atoms with van der Waals surface area (Å²) in [5, 5.41) is 6.02. The van der Waals surface area contributed by atoms with E-state index in [-0.39, 0.29) is 12.1 Å². The summed E-state index contributed by atoms with van der Waals surface area (Å²) in [6.07, 6.45) is 0. The van der Waals surface area contributed by atoms with Gasteiger partial charge in [-0.1, -0.05) is 60.7 Å². The average molecular weight is 322 g/mol. The van der Waals surface area contributed by atoms with E-state index in [0.717, 1.165) is 11.1 Å². The predicted molar refractivity (Wildman–Crippen MR) is 88.8 cm³/mol. The molecule has 6 nitrogen and oxygen atoms in total. The van der Waals surface area contributed by atoms with Gasteiger partial charge >= 0.3 is 12.1 Å². The van der Waals surface area contributed by atoms with Crippen molar-refractivity contribution in [3.05, 3.63) is 71.8 Å². The molecule has 0 radical (unpaired) electrons. The maximum Gasteiger partial charge on any atom is 0.321 e. The average Bonchev–Trinajstić information content (AvgIpc) is 2.98. The summed E-state index contributed by atoms with van der Waals surface area (Å²) >= 11 is 0. The van der Waals surface area contributed by atoms with Gasteiger partial charge < -0.3 is 10.6 Å². The zero-order valence-corrected chi connectivity index (χ0v) is 13.5. The van der Waals surface area contributed by atoms with E-state index in [4.69, 9.17) is 0 Å². The number of fused-ring (bicyclic) bond motifs is 1. The van der Waals surface area contributed by atoms with Crippen LogP contribution < -0.4 is 10.6 Å². The van der Waals surface area contributed by atoms with Crippen molar-refractivity contribution in [2.45, 2.75) is 11.3 Å². The van der Waals surface area contributed by atoms with Gasteiger partial charge in [0.1, 0.15) is 0 Å². The molecule has 2 aliphatic heterocycles. The van der Waals surface area contributed by atoms with Crippen LogP contribution in [0.25, 0.3) is 0 Å². The predicted octanol–water partition coefficient (Wildman–Crippen LogP) is 2.00. The van der Waals surface area contributed by atoms with Crippen LogP contribution in [0, 0.1) is 0 Å². The highest BCUT2D eigenvalue weighted by Gasteiger charge is 2.72. The first-order chi connectivity index (χ1) is 11.5. The van der Waals surface area contributed by atoms with Crippen LogP contribution in [0.15, 0.2) is 60.7 Å². The second-order valence-corrected chi connectivity index (χ2v) is 6.13. The zero-order chi connectivity index (χ0) is 16.9. The molecule has 0 unspecified atom stereocenters. The maximum atomic E-state index is 12.6. The summed E-state index contributed by atoms with van der Waals surface area (Å²) in [4.78, 5) is 28.4. The van der Waals surface area contributed by atoms with Crippen LogP contribution in [-0.2, 0) is 11.3 Å². The fourth-order valence-electron chi connectivity index (χ4n) is 4.02. The van der Waals surface area contributed by atoms with Crippen molar-refractivity contribution >= 4 is 12.1 Å². The molecule has 2 fully saturated rings. The van der Waals surface area contributed by atoms with E-state index in [9.17, 15) is 9.59 Å². The number of rotatable bonds is 2. The van der Waals surface area contributed by atoms with Gasteiger partial charge in [0.15, 0.2) is 11.3 Å². The van der Waals surface area contributed by atoms with Gasteiger partial charge in [-0.05, 0) is 0 Å². The molecule has 0 saturated carbocycles. The fourth-order valence-corrected chi connectivity index (χ4v) is 4.02. The van der Waals surface area contributed by atoms with Crippen LogP contribution in [0.5, 0.6) is 0 Å². The van der Waals surface area contributed by atoms with Gasteiger partial charge in [-0.2, -0.15) is 0 Å². The Morgan fingerprint density at radius 1 is 0.708 bits per heavy atom. The minimum absolute atomic E-state index is 0.241. The largest absolute Gasteiger partial charge is 0.321 e. The van der Waals surface area contributed by atoms with E-state index in [1.54, 1.807) is 23.9 Å². The zero-order valence-electron chi connectivity index (χ0n) is 13.5. The Morgan fingerprint density at radius 3 is 1.58 bits per heavy atom. The fraction of sp³-hybridized carbons (Fsp3) is 0.222. The third kappa shape index (κ3) is 1.50. The van der Waals surface area contributed by atoms with Crippen LogP contribution in [0.3, 0.4) is 0 Å². The summed E-state index contributed by atoms with van der Waals surface area (Å²) in [6, 6.07) is 18.7. The van der Waals surface area contributed by atoms with Crippen molar-refractivity contribution in [2.24, 2.45) is 0 Å². The van der Waals surface area contributed by atoms with E-state index >= 15 is 0 Å². The van der Waals surface area contributed by atoms with E-state index in [1.165, 1.54) is 0 Å². The Morgan fingerprint density at radius 2 is 1.12 bits per heavy atom. The minimum Gasteiger partial charge on any atom is -0.307 e. The molecule has 4 rings (SSSR count). The monoisotopic (exact) mass is 322 g/mol. The Bertz CT molecular complexity index is 782. The second-order valence-electron chi connectivity index (χ2n) is 6.13. The molecule has 0 spiro atoms. The molecule has 2 aliphatic rings. The van der Waals surface area contributed by atoms with Crippen molar-refractivity contribution < 1.29 is 9.59 Å². The van der Waals surface area contributed by atoms with Gasteiger partial charge in [-0.25, -0.2) is 9.59 Å². The van der Waals surface area contributed by atoms with E-state index in [2.05, 4.69) is 10.6 Å². The third-order valence-electron chi connectivity index (χ3n) is 5.07. The molecule has 2 aromatic rings. The molecule has 2 aromatic carbocycles. The Kier molecular flexibility index (Phi) is 2.87. The van der Waals surface area contributed by atoms with E-state index in [0.29, 0.717) is 0 Å². The van der Waals surface area contributed by atoms with Crippen LogP contribution in [0.2, 0.25) is 0 Å². The van der Waals surface area contributed by atoms with Crippen molar-refractivity contribution in [3.8, 4) is 0 Å². The standard InChI is InChI=1S/C18H18N4O2/c1-21-15(23)19-17(13-9-5-3-6-10-13)18(21,22(2)16(24)20-17)14-11-7-4-8-12-14/h3-12H,1-2H3,(H,19,23)(H,20,24). The molecular weight excluding hydrogens is 304 g/mol. The van der Waals surface area contributed by atoms with Crippen molar-refractivity contribution in [2.75, 3.05) is 14.1 Å². The molecule has 0 atom stereocenters. The van der Waals surface area contributed by atoms with Gasteiger partial charge in [0, 0.05) is 25.2 Å². The van der Waals surface area contributed by atoms with Gasteiger partial charge in [0.25, 0.3) is 0 Å². The van der Waals surface area contributed by atoms with Crippen LogP contribution in [0.4, 0.5) is 9.59 Å². The molecular formula is C18H18N4O2. The molecule has 0 aromatic heterocycles. The maximum absolute atomic E-state index is 12.6. The molecule has 2 heterocycles. The molecule has 2 N–H and O–H groups in total. The third-order valence-corrected chi connectivity index (χ3v) is 5.07. The van der Waals surface area contributed by atoms with Gasteiger partial charge in [-0.15, -0.1) is 0 Å². The molecule has 0 bridgehead atoms. The number of nitrogens with zero attached hydrogens (tertiary/aromatic N) is 2. The molecule has 4 amide bonds. The SMILES string of the molecule is CN1C(=O)NC2(c3ccccc3)NC(=O)N(C)C12c1ccccc1. The first-order valence-electron chi connectivity index (χ1n) is 7.77. The minimum atomic E-state index is -1.06. The quantitative estimate of drug-likeness (QED) is 0.888. The molecule has 24 heavy (non-hydrogen) atoms. The lowest BCUT2D eigenvalue weighted by Crippen LogP contribution is -2.61. The molecule has 122 valence electrons. The number of amides is 4. The lowest BCUT2D eigenvalue weighted by molar-refractivity contribution is 0.0159. The number of carbonyl (C=O) groups is 2. The van der Waals surface area contributed by atoms with Crippen molar-refractivity contribution in [3.63, 3.8) is 0 Å². The van der Waals surface area contributed by atoms with Crippen LogP contribution in [0.1, 0.15) is 11.1 Å². The number of hydrogen-bond acceptors (Lipinski definition) is 2.